The van der Waals surface area contributed by atoms with E-state index in [1.807, 2.05) is 24.3 Å². The predicted octanol–water partition coefficient (Wildman–Crippen LogP) is 1.26. The van der Waals surface area contributed by atoms with Crippen molar-refractivity contribution in [2.75, 3.05) is 7.11 Å². The second-order valence-electron chi connectivity index (χ2n) is 4.11. The maximum absolute atomic E-state index is 6.07. The van der Waals surface area contributed by atoms with Gasteiger partial charge in [0.2, 0.25) is 5.55 Å². The van der Waals surface area contributed by atoms with Crippen molar-refractivity contribution in [1.82, 2.24) is 3.93 Å². The number of hydrogen-bond acceptors (Lipinski definition) is 5. The van der Waals surface area contributed by atoms with Crippen LogP contribution >= 0.6 is 16.1 Å². The minimum Gasteiger partial charge on any atom is -0.497 e. The number of methoxy groups -OCH3 is 1. The Morgan fingerprint density at radius 3 is 2.74 bits per heavy atom. The summed E-state index contributed by atoms with van der Waals surface area (Å²) in [6.07, 6.45) is 1.32. The molecule has 2 N–H and O–H groups in total. The van der Waals surface area contributed by atoms with Gasteiger partial charge in [0.25, 0.3) is 0 Å². The number of nitrogens with zero attached hydrogens (tertiary/aromatic N) is 2. The Balaban J connectivity index is 2.07. The lowest BCUT2D eigenvalue weighted by Gasteiger charge is -2.26. The number of ether oxygens (including phenoxy) is 1. The molecule has 1 aliphatic rings. The van der Waals surface area contributed by atoms with Gasteiger partial charge in [-0.3, -0.25) is 3.93 Å². The Morgan fingerprint density at radius 1 is 1.32 bits per heavy atom. The topological polar surface area (TPSA) is 64.0 Å². The summed E-state index contributed by atoms with van der Waals surface area (Å²) in [6, 6.07) is 9.47. The highest BCUT2D eigenvalue weighted by Gasteiger charge is 2.23. The van der Waals surface area contributed by atoms with Gasteiger partial charge in [-0.15, -0.1) is 0 Å². The molecule has 0 aliphatic carbocycles. The van der Waals surface area contributed by atoms with Gasteiger partial charge >= 0.3 is 0 Å². The Labute approximate surface area is 118 Å². The molecular weight excluding hydrogens is 310 g/mol. The molecule has 2 heterocycles. The monoisotopic (exact) mass is 321 g/mol. The van der Waals surface area contributed by atoms with Gasteiger partial charge in [-0.1, -0.05) is 12.1 Å². The van der Waals surface area contributed by atoms with Crippen LogP contribution in [0.15, 0.2) is 46.0 Å². The van der Waals surface area contributed by atoms with Crippen molar-refractivity contribution in [1.29, 1.82) is 0 Å². The Kier molecular flexibility index (Phi) is 2.94. The van der Waals surface area contributed by atoms with Crippen molar-refractivity contribution < 1.29 is 9.15 Å². The van der Waals surface area contributed by atoms with Crippen LogP contribution in [0.3, 0.4) is 0 Å². The van der Waals surface area contributed by atoms with Crippen LogP contribution in [-0.4, -0.2) is 11.0 Å². The molecule has 6 heteroatoms. The van der Waals surface area contributed by atoms with Crippen molar-refractivity contribution in [3.8, 4) is 5.75 Å². The summed E-state index contributed by atoms with van der Waals surface area (Å²) in [6.45, 7) is 0. The van der Waals surface area contributed by atoms with Gasteiger partial charge in [-0.2, -0.15) is 0 Å². The molecule has 1 atom stereocenters. The van der Waals surface area contributed by atoms with Gasteiger partial charge in [0.15, 0.2) is 6.17 Å². The van der Waals surface area contributed by atoms with E-state index in [1.165, 1.54) is 0 Å². The number of hydrogen-bond donors (Lipinski definition) is 1. The molecule has 1 aromatic heterocycles. The molecule has 2 aromatic rings. The summed E-state index contributed by atoms with van der Waals surface area (Å²) in [5, 5.41) is 0.793. The van der Waals surface area contributed by atoms with E-state index in [0.717, 1.165) is 16.5 Å². The highest BCUT2D eigenvalue weighted by molar-refractivity contribution is 9.07. The Hall–Kier alpha value is -1.95. The first-order chi connectivity index (χ1) is 9.20. The van der Waals surface area contributed by atoms with Crippen LogP contribution in [0.2, 0.25) is 0 Å². The van der Waals surface area contributed by atoms with Gasteiger partial charge in [-0.05, 0) is 23.8 Å². The predicted molar refractivity (Wildman–Crippen MR) is 73.6 cm³/mol. The van der Waals surface area contributed by atoms with Crippen LogP contribution in [0.1, 0.15) is 11.7 Å². The molecule has 0 fully saturated rings. The Morgan fingerprint density at radius 2 is 2.05 bits per heavy atom. The fraction of sp³-hybridized carbons (Fsp3) is 0.154. The number of benzene rings is 1. The van der Waals surface area contributed by atoms with E-state index >= 15 is 0 Å². The summed E-state index contributed by atoms with van der Waals surface area (Å²) < 4.78 is 12.2. The third-order valence-corrected chi connectivity index (χ3v) is 3.79. The SMILES string of the molecule is COc1ccc(C2N=c3occc3=C(N)N2Br)cc1. The molecule has 5 nitrogen and oxygen atoms in total. The van der Waals surface area contributed by atoms with Crippen molar-refractivity contribution >= 4 is 22.0 Å². The molecule has 1 aromatic carbocycles. The molecule has 0 radical (unpaired) electrons. The lowest BCUT2D eigenvalue weighted by atomic mass is 10.1. The minimum absolute atomic E-state index is 0.260. The zero-order chi connectivity index (χ0) is 13.4. The maximum atomic E-state index is 6.07. The standard InChI is InChI=1S/C13H12BrN3O2/c1-18-9-4-2-8(3-5-9)12-16-13-10(6-7-19-13)11(15)17(12)14/h2-7,12H,15H2,1H3. The summed E-state index contributed by atoms with van der Waals surface area (Å²) in [5.74, 6) is 1.39. The van der Waals surface area contributed by atoms with Gasteiger partial charge in [-0.25, -0.2) is 4.99 Å². The number of fused-ring (bicyclic) bond motifs is 1. The second kappa shape index (κ2) is 4.62. The number of furan rings is 1. The molecule has 0 spiro atoms. The quantitative estimate of drug-likeness (QED) is 0.846. The molecule has 98 valence electrons. The zero-order valence-electron chi connectivity index (χ0n) is 10.2. The van der Waals surface area contributed by atoms with E-state index in [0.29, 0.717) is 11.4 Å². The fourth-order valence-electron chi connectivity index (χ4n) is 1.99. The van der Waals surface area contributed by atoms with Crippen LogP contribution in [0.25, 0.3) is 5.82 Å². The largest absolute Gasteiger partial charge is 0.497 e. The highest BCUT2D eigenvalue weighted by atomic mass is 79.9. The maximum Gasteiger partial charge on any atom is 0.227 e. The molecule has 0 saturated heterocycles. The average molecular weight is 322 g/mol. The second-order valence-corrected chi connectivity index (χ2v) is 4.88. The lowest BCUT2D eigenvalue weighted by molar-refractivity contribution is 0.410. The van der Waals surface area contributed by atoms with E-state index in [-0.39, 0.29) is 6.17 Å². The van der Waals surface area contributed by atoms with Crippen molar-refractivity contribution in [2.24, 2.45) is 10.7 Å². The molecular formula is C13H12BrN3O2. The van der Waals surface area contributed by atoms with E-state index in [2.05, 4.69) is 21.1 Å². The van der Waals surface area contributed by atoms with Crippen LogP contribution in [0.5, 0.6) is 5.75 Å². The highest BCUT2D eigenvalue weighted by Crippen LogP contribution is 2.29. The van der Waals surface area contributed by atoms with Crippen molar-refractivity contribution in [2.45, 2.75) is 6.17 Å². The summed E-state index contributed by atoms with van der Waals surface area (Å²) in [7, 11) is 1.64. The lowest BCUT2D eigenvalue weighted by Crippen LogP contribution is -2.39. The molecule has 3 rings (SSSR count). The smallest absolute Gasteiger partial charge is 0.227 e. The van der Waals surface area contributed by atoms with Crippen LogP contribution in [0.4, 0.5) is 0 Å². The fourth-order valence-corrected chi connectivity index (χ4v) is 2.51. The molecule has 1 unspecified atom stereocenters. The first-order valence-electron chi connectivity index (χ1n) is 5.71. The molecule has 0 saturated carbocycles. The van der Waals surface area contributed by atoms with E-state index < -0.39 is 0 Å². The van der Waals surface area contributed by atoms with Crippen LogP contribution < -0.4 is 21.2 Å². The van der Waals surface area contributed by atoms with E-state index in [9.17, 15) is 0 Å². The average Bonchev–Trinajstić information content (AvgIpc) is 2.91. The molecule has 19 heavy (non-hydrogen) atoms. The number of halogens is 1. The molecule has 0 bridgehead atoms. The van der Waals surface area contributed by atoms with Gasteiger partial charge in [0.1, 0.15) is 11.6 Å². The number of nitrogens with two attached hydrogens (primary N) is 1. The third kappa shape index (κ3) is 1.98. The molecule has 1 aliphatic heterocycles. The normalized spacial score (nSPS) is 17.9. The van der Waals surface area contributed by atoms with Crippen molar-refractivity contribution in [3.63, 3.8) is 0 Å². The van der Waals surface area contributed by atoms with E-state index in [1.54, 1.807) is 23.4 Å². The minimum atomic E-state index is -0.260. The zero-order valence-corrected chi connectivity index (χ0v) is 11.8. The van der Waals surface area contributed by atoms with Gasteiger partial charge in [0.05, 0.1) is 34.7 Å². The summed E-state index contributed by atoms with van der Waals surface area (Å²) in [5.41, 5.74) is 7.61. The summed E-state index contributed by atoms with van der Waals surface area (Å²) >= 11 is 3.45. The molecule has 0 amide bonds. The summed E-state index contributed by atoms with van der Waals surface area (Å²) in [4.78, 5) is 4.53. The first kappa shape index (κ1) is 12.1. The Bertz CT molecular complexity index is 708. The van der Waals surface area contributed by atoms with E-state index in [4.69, 9.17) is 14.9 Å². The first-order valence-corrected chi connectivity index (χ1v) is 6.41. The van der Waals surface area contributed by atoms with Crippen molar-refractivity contribution in [3.05, 3.63) is 52.9 Å². The van der Waals surface area contributed by atoms with Crippen LogP contribution in [0, 0.1) is 0 Å². The van der Waals surface area contributed by atoms with Gasteiger partial charge in [0, 0.05) is 0 Å². The third-order valence-electron chi connectivity index (χ3n) is 3.02. The van der Waals surface area contributed by atoms with Crippen LogP contribution in [-0.2, 0) is 0 Å². The van der Waals surface area contributed by atoms with Gasteiger partial charge < -0.3 is 14.9 Å². The number of rotatable bonds is 2.